The first-order valence-corrected chi connectivity index (χ1v) is 13.0. The van der Waals surface area contributed by atoms with Gasteiger partial charge in [-0.15, -0.1) is 0 Å². The van der Waals surface area contributed by atoms with Gasteiger partial charge < -0.3 is 30.5 Å². The van der Waals surface area contributed by atoms with Gasteiger partial charge in [0.15, 0.2) is 6.23 Å². The fourth-order valence-corrected chi connectivity index (χ4v) is 4.28. The van der Waals surface area contributed by atoms with Gasteiger partial charge in [0.1, 0.15) is 30.7 Å². The van der Waals surface area contributed by atoms with E-state index in [1.165, 1.54) is 44.4 Å². The Morgan fingerprint density at radius 1 is 0.917 bits per heavy atom. The molecule has 0 saturated carbocycles. The third-order valence-electron chi connectivity index (χ3n) is 6.39. The lowest BCUT2D eigenvalue weighted by atomic mass is 10.0. The Morgan fingerprint density at radius 2 is 1.44 bits per heavy atom. The fourth-order valence-electron chi connectivity index (χ4n) is 4.28. The average Bonchev–Trinajstić information content (AvgIpc) is 3.11. The molecule has 0 aromatic carbocycles. The monoisotopic (exact) mass is 511 g/mol. The van der Waals surface area contributed by atoms with Gasteiger partial charge in [0.2, 0.25) is 0 Å². The number of carboxylic acid groups (broad SMARTS) is 1. The Hall–Kier alpha value is -2.50. The number of aliphatic hydroxyl groups excluding tert-OH is 2. The zero-order chi connectivity index (χ0) is 26.3. The lowest BCUT2D eigenvalue weighted by Gasteiger charge is -2.16. The van der Waals surface area contributed by atoms with Crippen molar-refractivity contribution in [2.75, 3.05) is 12.3 Å². The summed E-state index contributed by atoms with van der Waals surface area (Å²) in [5, 5.41) is 29.1. The van der Waals surface area contributed by atoms with Gasteiger partial charge in [0, 0.05) is 19.0 Å². The minimum Gasteiger partial charge on any atom is -0.481 e. The molecule has 1 aliphatic heterocycles. The average molecular weight is 512 g/mol. The lowest BCUT2D eigenvalue weighted by Crippen LogP contribution is -2.36. The molecule has 204 valence electrons. The molecule has 0 spiro atoms. The number of aliphatic carboxylic acids is 1. The molecule has 1 aromatic rings. The molecule has 0 aliphatic carbocycles. The summed E-state index contributed by atoms with van der Waals surface area (Å²) in [6.45, 7) is -0.218. The Kier molecular flexibility index (Phi) is 13.4. The summed E-state index contributed by atoms with van der Waals surface area (Å²) < 4.78 is 11.8. The highest BCUT2D eigenvalue weighted by atomic mass is 16.6. The number of aromatic nitrogens is 2. The molecular weight excluding hydrogens is 470 g/mol. The van der Waals surface area contributed by atoms with E-state index in [4.69, 9.17) is 20.3 Å². The summed E-state index contributed by atoms with van der Waals surface area (Å²) in [6, 6.07) is 1.38. The summed E-state index contributed by atoms with van der Waals surface area (Å²) in [5.74, 6) is -1.07. The van der Waals surface area contributed by atoms with Crippen LogP contribution in [0.1, 0.15) is 96.1 Å². The van der Waals surface area contributed by atoms with Crippen molar-refractivity contribution in [3.05, 3.63) is 22.7 Å². The number of esters is 1. The molecular formula is C25H41N3O8. The maximum Gasteiger partial charge on any atom is 0.351 e. The molecule has 0 radical (unpaired) electrons. The first-order chi connectivity index (χ1) is 17.3. The zero-order valence-electron chi connectivity index (χ0n) is 20.9. The maximum atomic E-state index is 12.0. The van der Waals surface area contributed by atoms with Gasteiger partial charge in [-0.25, -0.2) is 4.79 Å². The highest BCUT2D eigenvalue weighted by Crippen LogP contribution is 2.28. The molecule has 1 fully saturated rings. The second-order valence-corrected chi connectivity index (χ2v) is 9.41. The number of carbonyl (C=O) groups is 2. The highest BCUT2D eigenvalue weighted by Gasteiger charge is 2.44. The van der Waals surface area contributed by atoms with Crippen LogP contribution < -0.4 is 11.4 Å². The summed E-state index contributed by atoms with van der Waals surface area (Å²) in [4.78, 5) is 38.0. The molecule has 0 unspecified atom stereocenters. The SMILES string of the molecule is Nc1ccn([C@@H]2O[C@H](COC(=O)CCCCCCCCCCCCCCC(=O)O)[C@@H](O)[C@@H]2O)c(=O)n1. The lowest BCUT2D eigenvalue weighted by molar-refractivity contribution is -0.150. The van der Waals surface area contributed by atoms with E-state index >= 15 is 0 Å². The number of rotatable bonds is 18. The topological polar surface area (TPSA) is 174 Å². The Labute approximate surface area is 211 Å². The van der Waals surface area contributed by atoms with Gasteiger partial charge in [-0.3, -0.25) is 14.2 Å². The van der Waals surface area contributed by atoms with Crippen LogP contribution in [0.5, 0.6) is 0 Å². The predicted molar refractivity (Wildman–Crippen MR) is 132 cm³/mol. The number of carboxylic acids is 1. The van der Waals surface area contributed by atoms with Crippen molar-refractivity contribution in [2.24, 2.45) is 0 Å². The Balaban J connectivity index is 1.48. The third kappa shape index (κ3) is 10.6. The molecule has 4 atom stereocenters. The first kappa shape index (κ1) is 29.7. The molecule has 36 heavy (non-hydrogen) atoms. The number of hydrogen-bond donors (Lipinski definition) is 4. The highest BCUT2D eigenvalue weighted by molar-refractivity contribution is 5.69. The Bertz CT molecular complexity index is 862. The number of nitrogens with two attached hydrogens (primary N) is 1. The summed E-state index contributed by atoms with van der Waals surface area (Å²) in [5.41, 5.74) is 4.75. The van der Waals surface area contributed by atoms with Crippen molar-refractivity contribution >= 4 is 17.8 Å². The van der Waals surface area contributed by atoms with E-state index in [0.717, 1.165) is 49.5 Å². The minimum atomic E-state index is -1.37. The largest absolute Gasteiger partial charge is 0.481 e. The number of carbonyl (C=O) groups excluding carboxylic acids is 1. The quantitative estimate of drug-likeness (QED) is 0.169. The molecule has 11 nitrogen and oxygen atoms in total. The van der Waals surface area contributed by atoms with E-state index in [9.17, 15) is 24.6 Å². The third-order valence-corrected chi connectivity index (χ3v) is 6.39. The van der Waals surface area contributed by atoms with Crippen LogP contribution in [0.2, 0.25) is 0 Å². The summed E-state index contributed by atoms with van der Waals surface area (Å²) in [6.07, 6.45) is 9.76. The second kappa shape index (κ2) is 16.3. The van der Waals surface area contributed by atoms with E-state index in [1.807, 2.05) is 0 Å². The number of ether oxygens (including phenoxy) is 2. The number of anilines is 1. The number of unbranched alkanes of at least 4 members (excludes halogenated alkanes) is 11. The van der Waals surface area contributed by atoms with Crippen LogP contribution in [0.25, 0.3) is 0 Å². The fraction of sp³-hybridized carbons (Fsp3) is 0.760. The normalized spacial score (nSPS) is 21.5. The van der Waals surface area contributed by atoms with Crippen molar-refractivity contribution in [1.82, 2.24) is 9.55 Å². The van der Waals surface area contributed by atoms with Gasteiger partial charge >= 0.3 is 17.6 Å². The van der Waals surface area contributed by atoms with Crippen molar-refractivity contribution in [1.29, 1.82) is 0 Å². The van der Waals surface area contributed by atoms with Crippen LogP contribution in [0.3, 0.4) is 0 Å². The van der Waals surface area contributed by atoms with E-state index in [2.05, 4.69) is 4.98 Å². The van der Waals surface area contributed by atoms with Crippen molar-refractivity contribution in [3.8, 4) is 0 Å². The van der Waals surface area contributed by atoms with Crippen LogP contribution in [-0.4, -0.2) is 61.7 Å². The van der Waals surface area contributed by atoms with Gasteiger partial charge in [-0.2, -0.15) is 4.98 Å². The van der Waals surface area contributed by atoms with E-state index in [-0.39, 0.29) is 25.3 Å². The van der Waals surface area contributed by atoms with E-state index in [1.54, 1.807) is 0 Å². The molecule has 1 aromatic heterocycles. The predicted octanol–water partition coefficient (Wildman–Crippen LogP) is 2.53. The number of nitrogen functional groups attached to an aromatic ring is 1. The summed E-state index contributed by atoms with van der Waals surface area (Å²) >= 11 is 0. The van der Waals surface area contributed by atoms with Gasteiger partial charge in [0.25, 0.3) is 0 Å². The number of hydrogen-bond acceptors (Lipinski definition) is 9. The standard InChI is InChI=1S/C25H41N3O8/c26-19-15-16-28(25(34)27-19)24-23(33)22(32)18(36-24)17-35-21(31)14-12-10-8-6-4-2-1-3-5-7-9-11-13-20(29)30/h15-16,18,22-24,32-33H,1-14,17H2,(H,29,30)(H2,26,27,34)/t18-,22-,23+,24-/m1/s1. The number of aliphatic hydroxyl groups is 2. The maximum absolute atomic E-state index is 12.0. The van der Waals surface area contributed by atoms with Crippen LogP contribution in [0.4, 0.5) is 5.82 Å². The molecule has 2 rings (SSSR count). The number of nitrogens with zero attached hydrogens (tertiary/aromatic N) is 2. The van der Waals surface area contributed by atoms with Gasteiger partial charge in [-0.05, 0) is 18.9 Å². The van der Waals surface area contributed by atoms with Crippen LogP contribution in [0, 0.1) is 0 Å². The molecule has 5 N–H and O–H groups in total. The van der Waals surface area contributed by atoms with Crippen molar-refractivity contribution < 1.29 is 34.4 Å². The Morgan fingerprint density at radius 3 is 1.97 bits per heavy atom. The molecule has 0 bridgehead atoms. The van der Waals surface area contributed by atoms with Crippen LogP contribution in [0.15, 0.2) is 17.1 Å². The zero-order valence-corrected chi connectivity index (χ0v) is 20.9. The molecule has 0 amide bonds. The van der Waals surface area contributed by atoms with Crippen LogP contribution in [-0.2, 0) is 19.1 Å². The first-order valence-electron chi connectivity index (χ1n) is 13.0. The second-order valence-electron chi connectivity index (χ2n) is 9.41. The molecule has 1 aliphatic rings. The summed E-state index contributed by atoms with van der Waals surface area (Å²) in [7, 11) is 0. The molecule has 2 heterocycles. The smallest absolute Gasteiger partial charge is 0.351 e. The van der Waals surface area contributed by atoms with Crippen LogP contribution >= 0.6 is 0 Å². The van der Waals surface area contributed by atoms with E-state index < -0.39 is 42.2 Å². The van der Waals surface area contributed by atoms with Gasteiger partial charge in [0.05, 0.1) is 0 Å². The molecule has 11 heteroatoms. The van der Waals surface area contributed by atoms with Gasteiger partial charge in [-0.1, -0.05) is 64.2 Å². The van der Waals surface area contributed by atoms with E-state index in [0.29, 0.717) is 0 Å². The van der Waals surface area contributed by atoms with Crippen molar-refractivity contribution in [2.45, 2.75) is 114 Å². The molecule has 1 saturated heterocycles. The van der Waals surface area contributed by atoms with Crippen molar-refractivity contribution in [3.63, 3.8) is 0 Å². The minimum absolute atomic E-state index is 0.0352.